The van der Waals surface area contributed by atoms with E-state index in [2.05, 4.69) is 20.7 Å². The molecule has 0 aliphatic rings. The number of hydrogen-bond acceptors (Lipinski definition) is 2. The van der Waals surface area contributed by atoms with Crippen molar-refractivity contribution < 1.29 is 21.6 Å². The summed E-state index contributed by atoms with van der Waals surface area (Å²) in [6, 6.07) is 9.34. The summed E-state index contributed by atoms with van der Waals surface area (Å²) in [5, 5.41) is 0. The third-order valence-electron chi connectivity index (χ3n) is 3.17. The summed E-state index contributed by atoms with van der Waals surface area (Å²) < 4.78 is 65.1. The van der Waals surface area contributed by atoms with Crippen LogP contribution in [0.1, 0.15) is 18.1 Å². The molecule has 0 fully saturated rings. The van der Waals surface area contributed by atoms with Crippen LogP contribution in [0.15, 0.2) is 51.8 Å². The Morgan fingerprint density at radius 3 is 2.22 bits per heavy atom. The molecule has 0 aliphatic heterocycles. The van der Waals surface area contributed by atoms with Crippen LogP contribution in [0, 0.1) is 0 Å². The third kappa shape index (κ3) is 4.26. The predicted octanol–water partition coefficient (Wildman–Crippen LogP) is 4.83. The lowest BCUT2D eigenvalue weighted by Gasteiger charge is -2.13. The van der Waals surface area contributed by atoms with Gasteiger partial charge in [-0.25, -0.2) is 8.42 Å². The van der Waals surface area contributed by atoms with Crippen molar-refractivity contribution in [2.24, 2.45) is 0 Å². The Kier molecular flexibility index (Phi) is 5.05. The molecule has 2 rings (SSSR count). The van der Waals surface area contributed by atoms with Gasteiger partial charge in [0.2, 0.25) is 0 Å². The number of nitrogens with one attached hydrogen (secondary N) is 1. The fraction of sp³-hybridized carbons (Fsp3) is 0.200. The smallest absolute Gasteiger partial charge is 0.280 e. The first-order chi connectivity index (χ1) is 10.6. The van der Waals surface area contributed by atoms with Gasteiger partial charge in [-0.2, -0.15) is 13.2 Å². The molecule has 0 saturated carbocycles. The topological polar surface area (TPSA) is 46.2 Å². The van der Waals surface area contributed by atoms with E-state index in [4.69, 9.17) is 0 Å². The molecule has 0 unspecified atom stereocenters. The van der Waals surface area contributed by atoms with Crippen LogP contribution >= 0.6 is 15.9 Å². The van der Waals surface area contributed by atoms with E-state index in [9.17, 15) is 21.6 Å². The SMILES string of the molecule is CCc1ccc(S(=O)(=O)Nc2ccc(Br)c(C(F)(F)F)c2)cc1. The number of sulfonamides is 1. The monoisotopic (exact) mass is 407 g/mol. The Morgan fingerprint density at radius 1 is 1.09 bits per heavy atom. The van der Waals surface area contributed by atoms with Crippen LogP contribution in [-0.4, -0.2) is 8.42 Å². The van der Waals surface area contributed by atoms with E-state index in [1.807, 2.05) is 6.92 Å². The molecule has 8 heteroatoms. The summed E-state index contributed by atoms with van der Waals surface area (Å²) in [4.78, 5) is -0.00817. The van der Waals surface area contributed by atoms with Gasteiger partial charge in [-0.3, -0.25) is 4.72 Å². The summed E-state index contributed by atoms with van der Waals surface area (Å²) in [6.45, 7) is 1.93. The van der Waals surface area contributed by atoms with Gasteiger partial charge in [0.25, 0.3) is 10.0 Å². The molecule has 0 amide bonds. The number of alkyl halides is 3. The first kappa shape index (κ1) is 17.8. The molecule has 2 aromatic carbocycles. The number of benzene rings is 2. The second kappa shape index (κ2) is 6.52. The summed E-state index contributed by atoms with van der Waals surface area (Å²) in [6.07, 6.45) is -3.82. The molecule has 0 spiro atoms. The summed E-state index contributed by atoms with van der Waals surface area (Å²) in [7, 11) is -3.95. The zero-order chi connectivity index (χ0) is 17.3. The van der Waals surface area contributed by atoms with E-state index in [1.165, 1.54) is 18.2 Å². The van der Waals surface area contributed by atoms with Crippen LogP contribution in [0.25, 0.3) is 0 Å². The van der Waals surface area contributed by atoms with Crippen molar-refractivity contribution in [1.29, 1.82) is 0 Å². The second-order valence-corrected chi connectivity index (χ2v) is 7.33. The highest BCUT2D eigenvalue weighted by atomic mass is 79.9. The molecule has 0 atom stereocenters. The fourth-order valence-electron chi connectivity index (χ4n) is 1.92. The molecule has 0 saturated heterocycles. The largest absolute Gasteiger partial charge is 0.417 e. The quantitative estimate of drug-likeness (QED) is 0.788. The molecule has 1 N–H and O–H groups in total. The molecule has 0 aromatic heterocycles. The van der Waals surface area contributed by atoms with E-state index in [0.29, 0.717) is 0 Å². The van der Waals surface area contributed by atoms with Gasteiger partial charge in [0.1, 0.15) is 0 Å². The van der Waals surface area contributed by atoms with E-state index in [0.717, 1.165) is 24.1 Å². The number of anilines is 1. The van der Waals surface area contributed by atoms with Gasteiger partial charge in [0.05, 0.1) is 10.5 Å². The minimum Gasteiger partial charge on any atom is -0.280 e. The van der Waals surface area contributed by atoms with Crippen molar-refractivity contribution in [2.75, 3.05) is 4.72 Å². The maximum Gasteiger partial charge on any atom is 0.417 e. The van der Waals surface area contributed by atoms with Crippen LogP contribution in [0.2, 0.25) is 0 Å². The minimum absolute atomic E-state index is 0.00817. The van der Waals surface area contributed by atoms with Crippen molar-refractivity contribution in [1.82, 2.24) is 0 Å². The highest BCUT2D eigenvalue weighted by molar-refractivity contribution is 9.10. The summed E-state index contributed by atoms with van der Waals surface area (Å²) in [5.74, 6) is 0. The van der Waals surface area contributed by atoms with E-state index >= 15 is 0 Å². The zero-order valence-electron chi connectivity index (χ0n) is 12.0. The molecular formula is C15H13BrF3NO2S. The maximum atomic E-state index is 12.9. The summed E-state index contributed by atoms with van der Waals surface area (Å²) >= 11 is 2.81. The third-order valence-corrected chi connectivity index (χ3v) is 5.25. The molecule has 0 radical (unpaired) electrons. The lowest BCUT2D eigenvalue weighted by molar-refractivity contribution is -0.138. The Labute approximate surface area is 140 Å². The molecule has 124 valence electrons. The highest BCUT2D eigenvalue weighted by Gasteiger charge is 2.33. The van der Waals surface area contributed by atoms with Crippen LogP contribution in [0.3, 0.4) is 0 Å². The Hall–Kier alpha value is -1.54. The average molecular weight is 408 g/mol. The highest BCUT2D eigenvalue weighted by Crippen LogP contribution is 2.36. The van der Waals surface area contributed by atoms with Crippen molar-refractivity contribution in [2.45, 2.75) is 24.4 Å². The molecule has 2 aromatic rings. The first-order valence-electron chi connectivity index (χ1n) is 6.62. The Bertz CT molecular complexity index is 802. The first-order valence-corrected chi connectivity index (χ1v) is 8.89. The van der Waals surface area contributed by atoms with Crippen molar-refractivity contribution in [3.63, 3.8) is 0 Å². The van der Waals surface area contributed by atoms with Gasteiger partial charge in [-0.1, -0.05) is 35.0 Å². The number of halogens is 4. The van der Waals surface area contributed by atoms with Crippen molar-refractivity contribution >= 4 is 31.6 Å². The van der Waals surface area contributed by atoms with Gasteiger partial charge in [0, 0.05) is 10.2 Å². The van der Waals surface area contributed by atoms with Gasteiger partial charge in [-0.05, 0) is 42.3 Å². The zero-order valence-corrected chi connectivity index (χ0v) is 14.4. The van der Waals surface area contributed by atoms with Crippen LogP contribution in [0.5, 0.6) is 0 Å². The lowest BCUT2D eigenvalue weighted by atomic mass is 10.2. The van der Waals surface area contributed by atoms with Crippen LogP contribution in [-0.2, 0) is 22.6 Å². The van der Waals surface area contributed by atoms with E-state index < -0.39 is 21.8 Å². The van der Waals surface area contributed by atoms with Crippen LogP contribution < -0.4 is 4.72 Å². The van der Waals surface area contributed by atoms with Gasteiger partial charge < -0.3 is 0 Å². The maximum absolute atomic E-state index is 12.9. The Balaban J connectivity index is 2.33. The normalized spacial score (nSPS) is 12.2. The van der Waals surface area contributed by atoms with Crippen LogP contribution in [0.4, 0.5) is 18.9 Å². The summed E-state index contributed by atoms with van der Waals surface area (Å²) in [5.41, 5.74) is -0.133. The molecule has 0 aliphatic carbocycles. The average Bonchev–Trinajstić information content (AvgIpc) is 2.48. The fourth-order valence-corrected chi connectivity index (χ4v) is 3.45. The second-order valence-electron chi connectivity index (χ2n) is 4.80. The van der Waals surface area contributed by atoms with Crippen molar-refractivity contribution in [3.05, 3.63) is 58.1 Å². The van der Waals surface area contributed by atoms with Gasteiger partial charge in [0.15, 0.2) is 0 Å². The molecule has 23 heavy (non-hydrogen) atoms. The lowest BCUT2D eigenvalue weighted by Crippen LogP contribution is -2.14. The minimum atomic E-state index is -4.58. The Morgan fingerprint density at radius 2 is 1.70 bits per heavy atom. The number of hydrogen-bond donors (Lipinski definition) is 1. The van der Waals surface area contributed by atoms with Crippen molar-refractivity contribution in [3.8, 4) is 0 Å². The van der Waals surface area contributed by atoms with Gasteiger partial charge >= 0.3 is 6.18 Å². The molecule has 3 nitrogen and oxygen atoms in total. The predicted molar refractivity (Wildman–Crippen MR) is 85.8 cm³/mol. The van der Waals surface area contributed by atoms with E-state index in [1.54, 1.807) is 12.1 Å². The number of aryl methyl sites for hydroxylation is 1. The molecule has 0 heterocycles. The molecule has 0 bridgehead atoms. The van der Waals surface area contributed by atoms with Gasteiger partial charge in [-0.15, -0.1) is 0 Å². The van der Waals surface area contributed by atoms with E-state index in [-0.39, 0.29) is 15.1 Å². The number of rotatable bonds is 4. The molecular weight excluding hydrogens is 395 g/mol. The standard InChI is InChI=1S/C15H13BrF3NO2S/c1-2-10-3-6-12(7-4-10)23(21,22)20-11-5-8-14(16)13(9-11)15(17,18)19/h3-9,20H,2H2,1H3.